The van der Waals surface area contributed by atoms with Crippen molar-refractivity contribution in [3.63, 3.8) is 0 Å². The van der Waals surface area contributed by atoms with Crippen LogP contribution in [0.2, 0.25) is 0 Å². The van der Waals surface area contributed by atoms with Crippen LogP contribution in [-0.2, 0) is 0 Å². The zero-order valence-corrected chi connectivity index (χ0v) is 10.7. The van der Waals surface area contributed by atoms with Gasteiger partial charge in [-0.15, -0.1) is 0 Å². The van der Waals surface area contributed by atoms with Crippen LogP contribution in [0.25, 0.3) is 0 Å². The van der Waals surface area contributed by atoms with Crippen molar-refractivity contribution in [1.82, 2.24) is 10.3 Å². The third-order valence-corrected chi connectivity index (χ3v) is 4.14. The lowest BCUT2D eigenvalue weighted by atomic mass is 9.88. The molecule has 4 heteroatoms. The van der Waals surface area contributed by atoms with E-state index in [9.17, 15) is 5.26 Å². The number of aromatic nitrogens is 1. The number of anilines is 1. The molecule has 2 unspecified atom stereocenters. The number of rotatable bonds is 1. The maximum Gasteiger partial charge on any atom is 0.146 e. The zero-order valence-electron chi connectivity index (χ0n) is 10.7. The Kier molecular flexibility index (Phi) is 2.92. The molecule has 2 atom stereocenters. The smallest absolute Gasteiger partial charge is 0.146 e. The highest BCUT2D eigenvalue weighted by molar-refractivity contribution is 5.54. The number of hydrogen-bond acceptors (Lipinski definition) is 4. The van der Waals surface area contributed by atoms with E-state index >= 15 is 0 Å². The summed E-state index contributed by atoms with van der Waals surface area (Å²) in [5.74, 6) is 2.41. The number of piperidine rings is 1. The molecule has 0 amide bonds. The number of nitriles is 1. The van der Waals surface area contributed by atoms with E-state index < -0.39 is 0 Å². The fraction of sp³-hybridized carbons (Fsp3) is 0.571. The summed E-state index contributed by atoms with van der Waals surface area (Å²) in [6.45, 7) is 6.30. The molecule has 1 aromatic heterocycles. The van der Waals surface area contributed by atoms with Crippen LogP contribution < -0.4 is 10.2 Å². The lowest BCUT2D eigenvalue weighted by Crippen LogP contribution is -2.40. The molecule has 0 aliphatic carbocycles. The van der Waals surface area contributed by atoms with Gasteiger partial charge in [0, 0.05) is 18.8 Å². The number of fused-ring (bicyclic) bond motifs is 1. The second-order valence-electron chi connectivity index (χ2n) is 5.35. The van der Waals surface area contributed by atoms with Crippen molar-refractivity contribution in [3.8, 4) is 6.07 Å². The predicted molar refractivity (Wildman–Crippen MR) is 70.4 cm³/mol. The summed E-state index contributed by atoms with van der Waals surface area (Å²) in [7, 11) is 0. The Labute approximate surface area is 108 Å². The monoisotopic (exact) mass is 242 g/mol. The quantitative estimate of drug-likeness (QED) is 0.806. The minimum Gasteiger partial charge on any atom is -0.355 e. The second-order valence-corrected chi connectivity index (χ2v) is 5.35. The first-order valence-corrected chi connectivity index (χ1v) is 6.61. The van der Waals surface area contributed by atoms with Gasteiger partial charge in [0.2, 0.25) is 0 Å². The fourth-order valence-electron chi connectivity index (χ4n) is 3.10. The van der Waals surface area contributed by atoms with Crippen LogP contribution in [0.1, 0.15) is 17.7 Å². The molecule has 0 aromatic carbocycles. The molecule has 94 valence electrons. The number of pyridine rings is 1. The summed E-state index contributed by atoms with van der Waals surface area (Å²) in [6.07, 6.45) is 1.21. The first kappa shape index (κ1) is 11.5. The van der Waals surface area contributed by atoms with Crippen molar-refractivity contribution in [2.24, 2.45) is 11.8 Å². The van der Waals surface area contributed by atoms with E-state index in [4.69, 9.17) is 0 Å². The molecule has 18 heavy (non-hydrogen) atoms. The lowest BCUT2D eigenvalue weighted by molar-refractivity contribution is 0.347. The normalized spacial score (nSPS) is 26.8. The van der Waals surface area contributed by atoms with Crippen molar-refractivity contribution in [2.75, 3.05) is 31.1 Å². The lowest BCUT2D eigenvalue weighted by Gasteiger charge is -2.35. The Morgan fingerprint density at radius 2 is 2.22 bits per heavy atom. The molecule has 2 aliphatic rings. The van der Waals surface area contributed by atoms with Crippen molar-refractivity contribution in [1.29, 1.82) is 5.26 Å². The first-order chi connectivity index (χ1) is 8.78. The Hall–Kier alpha value is -1.60. The number of aryl methyl sites for hydroxylation is 1. The highest BCUT2D eigenvalue weighted by atomic mass is 15.2. The summed E-state index contributed by atoms with van der Waals surface area (Å²) in [4.78, 5) is 6.86. The molecule has 0 spiro atoms. The van der Waals surface area contributed by atoms with Crippen LogP contribution in [0.3, 0.4) is 0 Å². The van der Waals surface area contributed by atoms with Gasteiger partial charge in [-0.1, -0.05) is 0 Å². The fourth-order valence-corrected chi connectivity index (χ4v) is 3.10. The predicted octanol–water partition coefficient (Wildman–Crippen LogP) is 1.31. The second kappa shape index (κ2) is 4.58. The summed E-state index contributed by atoms with van der Waals surface area (Å²) >= 11 is 0. The Morgan fingerprint density at radius 1 is 1.39 bits per heavy atom. The van der Waals surface area contributed by atoms with E-state index in [1.54, 1.807) is 0 Å². The van der Waals surface area contributed by atoms with E-state index in [0.717, 1.165) is 43.6 Å². The molecule has 1 aromatic rings. The van der Waals surface area contributed by atoms with E-state index in [2.05, 4.69) is 21.3 Å². The standard InChI is InChI=1S/C14H18N4/c1-10-2-3-11(6-15)14(17-10)18-5-4-12-7-16-8-13(12)9-18/h2-3,12-13,16H,4-5,7-9H2,1H3. The molecule has 0 radical (unpaired) electrons. The third kappa shape index (κ3) is 1.95. The van der Waals surface area contributed by atoms with Gasteiger partial charge < -0.3 is 10.2 Å². The summed E-state index contributed by atoms with van der Waals surface area (Å²) < 4.78 is 0. The van der Waals surface area contributed by atoms with Gasteiger partial charge in [-0.3, -0.25) is 0 Å². The average Bonchev–Trinajstić information content (AvgIpc) is 2.85. The Bertz CT molecular complexity index is 491. The zero-order chi connectivity index (χ0) is 12.5. The van der Waals surface area contributed by atoms with Crippen LogP contribution in [0.5, 0.6) is 0 Å². The number of hydrogen-bond donors (Lipinski definition) is 1. The van der Waals surface area contributed by atoms with Gasteiger partial charge in [0.15, 0.2) is 0 Å². The Balaban J connectivity index is 1.87. The minimum atomic E-state index is 0.699. The molecule has 4 nitrogen and oxygen atoms in total. The van der Waals surface area contributed by atoms with Crippen LogP contribution in [-0.4, -0.2) is 31.2 Å². The average molecular weight is 242 g/mol. The van der Waals surface area contributed by atoms with Crippen LogP contribution in [0.15, 0.2) is 12.1 Å². The highest BCUT2D eigenvalue weighted by Gasteiger charge is 2.33. The molecular formula is C14H18N4. The number of nitrogens with one attached hydrogen (secondary N) is 1. The Morgan fingerprint density at radius 3 is 3.06 bits per heavy atom. The van der Waals surface area contributed by atoms with E-state index in [1.807, 2.05) is 19.1 Å². The van der Waals surface area contributed by atoms with Crippen LogP contribution in [0, 0.1) is 30.1 Å². The molecule has 0 bridgehead atoms. The van der Waals surface area contributed by atoms with E-state index in [-0.39, 0.29) is 0 Å². The maximum atomic E-state index is 9.20. The van der Waals surface area contributed by atoms with E-state index in [1.165, 1.54) is 6.42 Å². The molecule has 3 rings (SSSR count). The van der Waals surface area contributed by atoms with Crippen molar-refractivity contribution >= 4 is 5.82 Å². The molecular weight excluding hydrogens is 224 g/mol. The molecule has 2 aliphatic heterocycles. The molecule has 2 fully saturated rings. The van der Waals surface area contributed by atoms with Crippen LogP contribution in [0.4, 0.5) is 5.82 Å². The summed E-state index contributed by atoms with van der Waals surface area (Å²) in [6, 6.07) is 6.05. The van der Waals surface area contributed by atoms with Gasteiger partial charge in [-0.25, -0.2) is 4.98 Å². The first-order valence-electron chi connectivity index (χ1n) is 6.61. The highest BCUT2D eigenvalue weighted by Crippen LogP contribution is 2.30. The van der Waals surface area contributed by atoms with Gasteiger partial charge >= 0.3 is 0 Å². The largest absolute Gasteiger partial charge is 0.355 e. The topological polar surface area (TPSA) is 52.0 Å². The van der Waals surface area contributed by atoms with Crippen molar-refractivity contribution in [2.45, 2.75) is 13.3 Å². The maximum absolute atomic E-state index is 9.20. The van der Waals surface area contributed by atoms with Crippen molar-refractivity contribution in [3.05, 3.63) is 23.4 Å². The summed E-state index contributed by atoms with van der Waals surface area (Å²) in [5.41, 5.74) is 1.68. The van der Waals surface area contributed by atoms with Gasteiger partial charge in [-0.2, -0.15) is 5.26 Å². The SMILES string of the molecule is Cc1ccc(C#N)c(N2CCC3CNCC3C2)n1. The number of nitrogens with zero attached hydrogens (tertiary/aromatic N) is 3. The van der Waals surface area contributed by atoms with Gasteiger partial charge in [0.1, 0.15) is 11.9 Å². The van der Waals surface area contributed by atoms with Gasteiger partial charge in [-0.05, 0) is 50.4 Å². The summed E-state index contributed by atoms with van der Waals surface area (Å²) in [5, 5.41) is 12.7. The minimum absolute atomic E-state index is 0.699. The molecule has 0 saturated carbocycles. The van der Waals surface area contributed by atoms with Gasteiger partial charge in [0.05, 0.1) is 5.56 Å². The molecule has 3 heterocycles. The third-order valence-electron chi connectivity index (χ3n) is 4.14. The van der Waals surface area contributed by atoms with Crippen LogP contribution >= 0.6 is 0 Å². The van der Waals surface area contributed by atoms with Crippen molar-refractivity contribution < 1.29 is 0 Å². The molecule has 2 saturated heterocycles. The van der Waals surface area contributed by atoms with Gasteiger partial charge in [0.25, 0.3) is 0 Å². The van der Waals surface area contributed by atoms with E-state index in [0.29, 0.717) is 11.5 Å². The molecule has 1 N–H and O–H groups in total.